The van der Waals surface area contributed by atoms with E-state index in [2.05, 4.69) is 16.5 Å². The molecule has 1 unspecified atom stereocenters. The number of aromatic nitrogens is 2. The Hall–Kier alpha value is -1.59. The van der Waals surface area contributed by atoms with Crippen LogP contribution < -0.4 is 10.5 Å². The SMILES string of the molecule is CCCn1c(C(N)CCO)nc2cc(OC)ccc21. The first kappa shape index (κ1) is 13.8. The molecule has 1 aromatic carbocycles. The van der Waals surface area contributed by atoms with Gasteiger partial charge in [-0.2, -0.15) is 0 Å². The van der Waals surface area contributed by atoms with Crippen LogP contribution in [0, 0.1) is 0 Å². The van der Waals surface area contributed by atoms with E-state index in [4.69, 9.17) is 15.6 Å². The first-order valence-corrected chi connectivity index (χ1v) is 6.61. The minimum Gasteiger partial charge on any atom is -0.497 e. The number of rotatable bonds is 6. The molecule has 1 atom stereocenters. The molecule has 1 heterocycles. The number of aliphatic hydroxyl groups excluding tert-OH is 1. The highest BCUT2D eigenvalue weighted by molar-refractivity contribution is 5.78. The molecule has 0 aliphatic rings. The zero-order valence-electron chi connectivity index (χ0n) is 11.5. The molecule has 0 radical (unpaired) electrons. The molecule has 104 valence electrons. The van der Waals surface area contributed by atoms with Gasteiger partial charge in [-0.25, -0.2) is 4.98 Å². The molecule has 0 aliphatic heterocycles. The van der Waals surface area contributed by atoms with Crippen LogP contribution in [0.2, 0.25) is 0 Å². The minimum absolute atomic E-state index is 0.0693. The number of imidazole rings is 1. The van der Waals surface area contributed by atoms with Gasteiger partial charge in [-0.05, 0) is 25.0 Å². The van der Waals surface area contributed by atoms with E-state index in [1.165, 1.54) is 0 Å². The van der Waals surface area contributed by atoms with Crippen LogP contribution in [0.25, 0.3) is 11.0 Å². The fraction of sp³-hybridized carbons (Fsp3) is 0.500. The monoisotopic (exact) mass is 263 g/mol. The van der Waals surface area contributed by atoms with Crippen LogP contribution in [-0.2, 0) is 6.54 Å². The van der Waals surface area contributed by atoms with E-state index >= 15 is 0 Å². The molecule has 0 spiro atoms. The summed E-state index contributed by atoms with van der Waals surface area (Å²) in [5.41, 5.74) is 8.04. The summed E-state index contributed by atoms with van der Waals surface area (Å²) in [5.74, 6) is 1.62. The summed E-state index contributed by atoms with van der Waals surface area (Å²) in [7, 11) is 1.64. The van der Waals surface area contributed by atoms with Crippen molar-refractivity contribution >= 4 is 11.0 Å². The number of fused-ring (bicyclic) bond motifs is 1. The van der Waals surface area contributed by atoms with Gasteiger partial charge in [-0.3, -0.25) is 0 Å². The number of methoxy groups -OCH3 is 1. The molecule has 0 saturated carbocycles. The molecule has 0 bridgehead atoms. The van der Waals surface area contributed by atoms with Crippen LogP contribution >= 0.6 is 0 Å². The molecule has 0 aliphatic carbocycles. The van der Waals surface area contributed by atoms with E-state index in [9.17, 15) is 0 Å². The first-order valence-electron chi connectivity index (χ1n) is 6.61. The summed E-state index contributed by atoms with van der Waals surface area (Å²) >= 11 is 0. The van der Waals surface area contributed by atoms with Crippen molar-refractivity contribution in [3.05, 3.63) is 24.0 Å². The van der Waals surface area contributed by atoms with E-state index in [0.29, 0.717) is 6.42 Å². The lowest BCUT2D eigenvalue weighted by Gasteiger charge is -2.13. The summed E-state index contributed by atoms with van der Waals surface area (Å²) in [4.78, 5) is 4.61. The molecule has 2 aromatic rings. The van der Waals surface area contributed by atoms with Crippen LogP contribution in [-0.4, -0.2) is 28.4 Å². The Morgan fingerprint density at radius 1 is 1.47 bits per heavy atom. The van der Waals surface area contributed by atoms with E-state index in [1.807, 2.05) is 18.2 Å². The lowest BCUT2D eigenvalue weighted by Crippen LogP contribution is -2.18. The van der Waals surface area contributed by atoms with E-state index in [0.717, 1.165) is 35.6 Å². The highest BCUT2D eigenvalue weighted by Crippen LogP contribution is 2.25. The van der Waals surface area contributed by atoms with Gasteiger partial charge in [0.15, 0.2) is 0 Å². The first-order chi connectivity index (χ1) is 9.21. The van der Waals surface area contributed by atoms with E-state index in [1.54, 1.807) is 7.11 Å². The second-order valence-corrected chi connectivity index (χ2v) is 4.60. The number of aryl methyl sites for hydroxylation is 1. The lowest BCUT2D eigenvalue weighted by molar-refractivity contribution is 0.273. The Bertz CT molecular complexity index is 551. The smallest absolute Gasteiger partial charge is 0.126 e. The standard InChI is InChI=1S/C14H21N3O2/c1-3-7-17-13-5-4-10(19-2)9-12(13)16-14(17)11(15)6-8-18/h4-5,9,11,18H,3,6-8,15H2,1-2H3. The van der Waals surface area contributed by atoms with Crippen LogP contribution in [0.4, 0.5) is 0 Å². The maximum absolute atomic E-state index is 9.04. The fourth-order valence-corrected chi connectivity index (χ4v) is 2.27. The summed E-state index contributed by atoms with van der Waals surface area (Å²) in [6.45, 7) is 3.06. The molecule has 2 rings (SSSR count). The number of aliphatic hydroxyl groups is 1. The van der Waals surface area contributed by atoms with Gasteiger partial charge in [0, 0.05) is 19.2 Å². The molecule has 5 heteroatoms. The number of hydrogen-bond donors (Lipinski definition) is 2. The molecule has 0 saturated heterocycles. The van der Waals surface area contributed by atoms with Gasteiger partial charge in [-0.15, -0.1) is 0 Å². The van der Waals surface area contributed by atoms with E-state index < -0.39 is 0 Å². The fourth-order valence-electron chi connectivity index (χ4n) is 2.27. The van der Waals surface area contributed by atoms with Crippen LogP contribution in [0.3, 0.4) is 0 Å². The zero-order valence-corrected chi connectivity index (χ0v) is 11.5. The third-order valence-electron chi connectivity index (χ3n) is 3.20. The predicted molar refractivity (Wildman–Crippen MR) is 75.2 cm³/mol. The number of hydrogen-bond acceptors (Lipinski definition) is 4. The maximum Gasteiger partial charge on any atom is 0.126 e. The lowest BCUT2D eigenvalue weighted by atomic mass is 10.2. The van der Waals surface area contributed by atoms with Crippen LogP contribution in [0.15, 0.2) is 18.2 Å². The van der Waals surface area contributed by atoms with Crippen LogP contribution in [0.1, 0.15) is 31.6 Å². The molecule has 3 N–H and O–H groups in total. The Morgan fingerprint density at radius 2 is 2.26 bits per heavy atom. The molecular weight excluding hydrogens is 242 g/mol. The largest absolute Gasteiger partial charge is 0.497 e. The van der Waals surface area contributed by atoms with Gasteiger partial charge in [-0.1, -0.05) is 6.92 Å². The topological polar surface area (TPSA) is 73.3 Å². The quantitative estimate of drug-likeness (QED) is 0.834. The van der Waals surface area contributed by atoms with Crippen molar-refractivity contribution in [2.75, 3.05) is 13.7 Å². The van der Waals surface area contributed by atoms with Crippen molar-refractivity contribution in [2.24, 2.45) is 5.73 Å². The predicted octanol–water partition coefficient (Wildman–Crippen LogP) is 1.84. The Balaban J connectivity index is 2.51. The Morgan fingerprint density at radius 3 is 2.89 bits per heavy atom. The summed E-state index contributed by atoms with van der Waals surface area (Å²) in [6, 6.07) is 5.61. The Labute approximate surface area is 113 Å². The van der Waals surface area contributed by atoms with Crippen LogP contribution in [0.5, 0.6) is 5.75 Å². The van der Waals surface area contributed by atoms with Crippen molar-refractivity contribution in [1.29, 1.82) is 0 Å². The third kappa shape index (κ3) is 2.72. The van der Waals surface area contributed by atoms with Crippen molar-refractivity contribution in [3.8, 4) is 5.75 Å². The van der Waals surface area contributed by atoms with Gasteiger partial charge >= 0.3 is 0 Å². The average Bonchev–Trinajstić information content (AvgIpc) is 2.77. The van der Waals surface area contributed by atoms with Gasteiger partial charge in [0.05, 0.1) is 24.2 Å². The average molecular weight is 263 g/mol. The van der Waals surface area contributed by atoms with Gasteiger partial charge in [0.25, 0.3) is 0 Å². The Kier molecular flexibility index (Phi) is 4.39. The molecule has 0 amide bonds. The zero-order chi connectivity index (χ0) is 13.8. The maximum atomic E-state index is 9.04. The summed E-state index contributed by atoms with van der Waals surface area (Å²) in [6.07, 6.45) is 1.53. The highest BCUT2D eigenvalue weighted by atomic mass is 16.5. The summed E-state index contributed by atoms with van der Waals surface area (Å²) in [5, 5.41) is 9.04. The number of nitrogens with two attached hydrogens (primary N) is 1. The molecule has 5 nitrogen and oxygen atoms in total. The van der Waals surface area contributed by atoms with E-state index in [-0.39, 0.29) is 12.6 Å². The number of benzene rings is 1. The van der Waals surface area contributed by atoms with Crippen molar-refractivity contribution in [3.63, 3.8) is 0 Å². The number of nitrogens with zero attached hydrogens (tertiary/aromatic N) is 2. The number of ether oxygens (including phenoxy) is 1. The minimum atomic E-state index is -0.241. The molecule has 19 heavy (non-hydrogen) atoms. The normalized spacial score (nSPS) is 12.8. The van der Waals surface area contributed by atoms with Gasteiger partial charge in [0.1, 0.15) is 11.6 Å². The second-order valence-electron chi connectivity index (χ2n) is 4.60. The molecular formula is C14H21N3O2. The van der Waals surface area contributed by atoms with Crippen molar-refractivity contribution in [2.45, 2.75) is 32.4 Å². The summed E-state index contributed by atoms with van der Waals surface area (Å²) < 4.78 is 7.35. The molecule has 0 fully saturated rings. The highest BCUT2D eigenvalue weighted by Gasteiger charge is 2.16. The van der Waals surface area contributed by atoms with Crippen molar-refractivity contribution < 1.29 is 9.84 Å². The third-order valence-corrected chi connectivity index (χ3v) is 3.20. The van der Waals surface area contributed by atoms with Gasteiger partial charge in [0.2, 0.25) is 0 Å². The van der Waals surface area contributed by atoms with Gasteiger partial charge < -0.3 is 20.1 Å². The molecule has 1 aromatic heterocycles. The second kappa shape index (κ2) is 6.04. The van der Waals surface area contributed by atoms with Crippen molar-refractivity contribution in [1.82, 2.24) is 9.55 Å².